The highest BCUT2D eigenvalue weighted by atomic mass is 16.5. The third kappa shape index (κ3) is 3.25. The normalized spacial score (nSPS) is 19.9. The lowest BCUT2D eigenvalue weighted by molar-refractivity contribution is 0.184. The Morgan fingerprint density at radius 1 is 1.38 bits per heavy atom. The second-order valence-corrected chi connectivity index (χ2v) is 3.63. The first-order valence-corrected chi connectivity index (χ1v) is 5.28. The molecule has 0 aliphatic heterocycles. The molecule has 0 aromatic rings. The maximum absolute atomic E-state index is 5.62. The van der Waals surface area contributed by atoms with Gasteiger partial charge in [-0.25, -0.2) is 0 Å². The van der Waals surface area contributed by atoms with Crippen LogP contribution in [0.5, 0.6) is 0 Å². The molecule has 0 aromatic carbocycles. The van der Waals surface area contributed by atoms with Crippen LogP contribution in [-0.2, 0) is 4.74 Å². The van der Waals surface area contributed by atoms with Crippen LogP contribution in [0.4, 0.5) is 0 Å². The number of hydrogen-bond acceptors (Lipinski definition) is 1. The molecule has 1 fully saturated rings. The van der Waals surface area contributed by atoms with E-state index in [1.807, 2.05) is 6.08 Å². The molecule has 0 atom stereocenters. The molecule has 13 heavy (non-hydrogen) atoms. The summed E-state index contributed by atoms with van der Waals surface area (Å²) < 4.78 is 5.62. The number of ether oxygens (including phenoxy) is 1. The van der Waals surface area contributed by atoms with Crippen molar-refractivity contribution in [3.05, 3.63) is 24.5 Å². The van der Waals surface area contributed by atoms with Gasteiger partial charge < -0.3 is 4.74 Å². The van der Waals surface area contributed by atoms with E-state index in [-0.39, 0.29) is 0 Å². The standard InChI is InChI=1S/C12H20O/c1-3-10-13-12(4-2)11-8-6-5-7-9-11/h3-4,11H,1,5-10H2,2H3/b12-4-. The topological polar surface area (TPSA) is 9.23 Å². The first-order chi connectivity index (χ1) is 6.38. The molecule has 0 spiro atoms. The quantitative estimate of drug-likeness (QED) is 0.474. The number of hydrogen-bond donors (Lipinski definition) is 0. The van der Waals surface area contributed by atoms with Gasteiger partial charge in [-0.05, 0) is 25.8 Å². The molecule has 0 N–H and O–H groups in total. The molecule has 0 aromatic heterocycles. The van der Waals surface area contributed by atoms with Gasteiger partial charge in [-0.3, -0.25) is 0 Å². The molecule has 0 radical (unpaired) electrons. The summed E-state index contributed by atoms with van der Waals surface area (Å²) >= 11 is 0. The van der Waals surface area contributed by atoms with Crippen molar-refractivity contribution >= 4 is 0 Å². The van der Waals surface area contributed by atoms with Crippen molar-refractivity contribution in [2.45, 2.75) is 39.0 Å². The van der Waals surface area contributed by atoms with Gasteiger partial charge in [0.2, 0.25) is 0 Å². The van der Waals surface area contributed by atoms with Crippen molar-refractivity contribution in [1.82, 2.24) is 0 Å². The minimum absolute atomic E-state index is 0.649. The van der Waals surface area contributed by atoms with E-state index >= 15 is 0 Å². The Balaban J connectivity index is 2.40. The molecule has 0 bridgehead atoms. The van der Waals surface area contributed by atoms with E-state index in [0.717, 1.165) is 0 Å². The van der Waals surface area contributed by atoms with Crippen LogP contribution in [0.2, 0.25) is 0 Å². The van der Waals surface area contributed by atoms with E-state index in [1.165, 1.54) is 37.9 Å². The van der Waals surface area contributed by atoms with Crippen molar-refractivity contribution in [2.24, 2.45) is 5.92 Å². The number of rotatable bonds is 4. The first kappa shape index (κ1) is 10.4. The van der Waals surface area contributed by atoms with Gasteiger partial charge in [0.05, 0.1) is 5.76 Å². The lowest BCUT2D eigenvalue weighted by Gasteiger charge is -2.24. The first-order valence-electron chi connectivity index (χ1n) is 5.28. The molecule has 1 rings (SSSR count). The Kier molecular flexibility index (Phi) is 4.66. The molecule has 0 unspecified atom stereocenters. The molecule has 0 heterocycles. The van der Waals surface area contributed by atoms with E-state index < -0.39 is 0 Å². The summed E-state index contributed by atoms with van der Waals surface area (Å²) in [6, 6.07) is 0. The van der Waals surface area contributed by atoms with Crippen molar-refractivity contribution in [2.75, 3.05) is 6.61 Å². The monoisotopic (exact) mass is 180 g/mol. The van der Waals surface area contributed by atoms with Gasteiger partial charge in [-0.2, -0.15) is 0 Å². The van der Waals surface area contributed by atoms with Crippen LogP contribution in [-0.4, -0.2) is 6.61 Å². The molecule has 1 aliphatic rings. The smallest absolute Gasteiger partial charge is 0.106 e. The van der Waals surface area contributed by atoms with Gasteiger partial charge in [0.1, 0.15) is 6.61 Å². The van der Waals surface area contributed by atoms with Crippen LogP contribution in [0.1, 0.15) is 39.0 Å². The highest BCUT2D eigenvalue weighted by Crippen LogP contribution is 2.30. The lowest BCUT2D eigenvalue weighted by atomic mass is 9.88. The van der Waals surface area contributed by atoms with Gasteiger partial charge >= 0.3 is 0 Å². The Labute approximate surface area is 81.5 Å². The van der Waals surface area contributed by atoms with Crippen molar-refractivity contribution in [1.29, 1.82) is 0 Å². The Morgan fingerprint density at radius 2 is 2.08 bits per heavy atom. The van der Waals surface area contributed by atoms with Crippen LogP contribution in [0, 0.1) is 5.92 Å². The lowest BCUT2D eigenvalue weighted by Crippen LogP contribution is -2.11. The zero-order valence-corrected chi connectivity index (χ0v) is 8.59. The maximum Gasteiger partial charge on any atom is 0.106 e. The predicted octanol–water partition coefficient (Wildman–Crippen LogP) is 3.67. The minimum Gasteiger partial charge on any atom is -0.494 e. The molecular formula is C12H20O. The second-order valence-electron chi connectivity index (χ2n) is 3.63. The molecular weight excluding hydrogens is 160 g/mol. The average Bonchev–Trinajstić information content (AvgIpc) is 2.21. The summed E-state index contributed by atoms with van der Waals surface area (Å²) in [4.78, 5) is 0. The van der Waals surface area contributed by atoms with Gasteiger partial charge in [-0.15, -0.1) is 0 Å². The SMILES string of the molecule is C=CCO/C(=C\C)C1CCCCC1. The highest BCUT2D eigenvalue weighted by Gasteiger charge is 2.17. The number of allylic oxidation sites excluding steroid dienone is 2. The zero-order chi connectivity index (χ0) is 9.52. The van der Waals surface area contributed by atoms with Gasteiger partial charge in [-0.1, -0.05) is 31.9 Å². The largest absolute Gasteiger partial charge is 0.494 e. The summed E-state index contributed by atoms with van der Waals surface area (Å²) in [5.74, 6) is 1.86. The van der Waals surface area contributed by atoms with Gasteiger partial charge in [0.25, 0.3) is 0 Å². The Morgan fingerprint density at radius 3 is 2.62 bits per heavy atom. The fourth-order valence-electron chi connectivity index (χ4n) is 1.98. The van der Waals surface area contributed by atoms with Gasteiger partial charge in [0.15, 0.2) is 0 Å². The molecule has 1 nitrogen and oxygen atoms in total. The van der Waals surface area contributed by atoms with E-state index in [0.29, 0.717) is 12.5 Å². The fourth-order valence-corrected chi connectivity index (χ4v) is 1.98. The Hall–Kier alpha value is -0.720. The van der Waals surface area contributed by atoms with E-state index in [2.05, 4.69) is 19.6 Å². The highest BCUT2D eigenvalue weighted by molar-refractivity contribution is 4.98. The van der Waals surface area contributed by atoms with E-state index in [4.69, 9.17) is 4.74 Å². The fraction of sp³-hybridized carbons (Fsp3) is 0.667. The zero-order valence-electron chi connectivity index (χ0n) is 8.59. The van der Waals surface area contributed by atoms with Gasteiger partial charge in [0, 0.05) is 5.92 Å². The van der Waals surface area contributed by atoms with Crippen LogP contribution in [0.25, 0.3) is 0 Å². The molecule has 1 aliphatic carbocycles. The van der Waals surface area contributed by atoms with Crippen LogP contribution in [0.15, 0.2) is 24.5 Å². The van der Waals surface area contributed by atoms with Crippen molar-refractivity contribution < 1.29 is 4.74 Å². The predicted molar refractivity (Wildman–Crippen MR) is 56.5 cm³/mol. The average molecular weight is 180 g/mol. The minimum atomic E-state index is 0.649. The summed E-state index contributed by atoms with van der Waals surface area (Å²) in [6.45, 7) is 6.37. The summed E-state index contributed by atoms with van der Waals surface area (Å²) in [7, 11) is 0. The van der Waals surface area contributed by atoms with E-state index in [9.17, 15) is 0 Å². The summed E-state index contributed by atoms with van der Waals surface area (Å²) in [6.07, 6.45) is 10.6. The van der Waals surface area contributed by atoms with Crippen molar-refractivity contribution in [3.8, 4) is 0 Å². The Bertz CT molecular complexity index is 176. The van der Waals surface area contributed by atoms with Crippen LogP contribution in [0.3, 0.4) is 0 Å². The second kappa shape index (κ2) is 5.85. The van der Waals surface area contributed by atoms with Crippen molar-refractivity contribution in [3.63, 3.8) is 0 Å². The molecule has 0 saturated heterocycles. The third-order valence-electron chi connectivity index (χ3n) is 2.66. The van der Waals surface area contributed by atoms with E-state index in [1.54, 1.807) is 0 Å². The summed E-state index contributed by atoms with van der Waals surface area (Å²) in [5.41, 5.74) is 0. The van der Waals surface area contributed by atoms with Crippen LogP contribution < -0.4 is 0 Å². The molecule has 1 heteroatoms. The summed E-state index contributed by atoms with van der Waals surface area (Å²) in [5, 5.41) is 0. The maximum atomic E-state index is 5.62. The molecule has 74 valence electrons. The molecule has 0 amide bonds. The third-order valence-corrected chi connectivity index (χ3v) is 2.66. The van der Waals surface area contributed by atoms with Crippen LogP contribution >= 0.6 is 0 Å². The molecule has 1 saturated carbocycles.